The SMILES string of the molecule is COc1ccc(S(=O)(=O)NCc2cccn(C)c2=O)c(OC)c1. The van der Waals surface area contributed by atoms with Crippen LogP contribution in [0.25, 0.3) is 0 Å². The van der Waals surface area contributed by atoms with Crippen molar-refractivity contribution in [3.8, 4) is 11.5 Å². The number of rotatable bonds is 6. The zero-order valence-corrected chi connectivity index (χ0v) is 13.9. The zero-order valence-electron chi connectivity index (χ0n) is 13.1. The molecule has 0 aliphatic heterocycles. The van der Waals surface area contributed by atoms with Crippen molar-refractivity contribution < 1.29 is 17.9 Å². The van der Waals surface area contributed by atoms with Crippen LogP contribution in [0.5, 0.6) is 11.5 Å². The highest BCUT2D eigenvalue weighted by Gasteiger charge is 2.20. The Kier molecular flexibility index (Phi) is 5.07. The lowest BCUT2D eigenvalue weighted by Gasteiger charge is -2.12. The highest BCUT2D eigenvalue weighted by atomic mass is 32.2. The number of ether oxygens (including phenoxy) is 2. The third-order valence-electron chi connectivity index (χ3n) is 3.32. The lowest BCUT2D eigenvalue weighted by molar-refractivity contribution is 0.386. The van der Waals surface area contributed by atoms with Crippen LogP contribution in [-0.4, -0.2) is 27.2 Å². The average Bonchev–Trinajstić information content (AvgIpc) is 2.55. The van der Waals surface area contributed by atoms with E-state index < -0.39 is 10.0 Å². The Morgan fingerprint density at radius 2 is 1.91 bits per heavy atom. The molecule has 0 bridgehead atoms. The first-order valence-electron chi connectivity index (χ1n) is 6.75. The topological polar surface area (TPSA) is 86.6 Å². The van der Waals surface area contributed by atoms with Crippen molar-refractivity contribution in [2.45, 2.75) is 11.4 Å². The predicted molar refractivity (Wildman–Crippen MR) is 85.3 cm³/mol. The summed E-state index contributed by atoms with van der Waals surface area (Å²) in [6.07, 6.45) is 1.60. The van der Waals surface area contributed by atoms with Crippen LogP contribution in [0.2, 0.25) is 0 Å². The maximum atomic E-state index is 12.4. The van der Waals surface area contributed by atoms with Gasteiger partial charge >= 0.3 is 0 Å². The van der Waals surface area contributed by atoms with E-state index in [1.54, 1.807) is 25.4 Å². The summed E-state index contributed by atoms with van der Waals surface area (Å²) in [5, 5.41) is 0. The fraction of sp³-hybridized carbons (Fsp3) is 0.267. The van der Waals surface area contributed by atoms with E-state index in [-0.39, 0.29) is 22.7 Å². The van der Waals surface area contributed by atoms with Crippen LogP contribution in [0.1, 0.15) is 5.56 Å². The minimum absolute atomic E-state index is 0.0199. The fourth-order valence-corrected chi connectivity index (χ4v) is 3.19. The predicted octanol–water partition coefficient (Wildman–Crippen LogP) is 0.881. The molecule has 0 aliphatic carbocycles. The molecule has 1 heterocycles. The van der Waals surface area contributed by atoms with Crippen LogP contribution < -0.4 is 19.8 Å². The maximum absolute atomic E-state index is 12.4. The molecule has 0 saturated heterocycles. The molecular formula is C15H18N2O5S. The maximum Gasteiger partial charge on any atom is 0.254 e. The molecule has 0 saturated carbocycles. The van der Waals surface area contributed by atoms with E-state index in [1.807, 2.05) is 0 Å². The van der Waals surface area contributed by atoms with E-state index in [0.717, 1.165) is 0 Å². The first-order valence-corrected chi connectivity index (χ1v) is 8.23. The fourth-order valence-electron chi connectivity index (χ4n) is 2.04. The molecule has 0 radical (unpaired) electrons. The number of nitrogens with one attached hydrogen (secondary N) is 1. The largest absolute Gasteiger partial charge is 0.497 e. The lowest BCUT2D eigenvalue weighted by atomic mass is 10.3. The molecule has 1 N–H and O–H groups in total. The van der Waals surface area contributed by atoms with Gasteiger partial charge in [-0.25, -0.2) is 13.1 Å². The van der Waals surface area contributed by atoms with Gasteiger partial charge in [0, 0.05) is 31.4 Å². The Bertz CT molecular complexity index is 858. The number of hydrogen-bond acceptors (Lipinski definition) is 5. The van der Waals surface area contributed by atoms with Gasteiger partial charge in [-0.3, -0.25) is 4.79 Å². The molecular weight excluding hydrogens is 320 g/mol. The van der Waals surface area contributed by atoms with Gasteiger partial charge in [0.2, 0.25) is 10.0 Å². The Hall–Kier alpha value is -2.32. The van der Waals surface area contributed by atoms with Crippen LogP contribution in [0.3, 0.4) is 0 Å². The molecule has 2 aromatic rings. The van der Waals surface area contributed by atoms with Gasteiger partial charge in [-0.2, -0.15) is 0 Å². The summed E-state index contributed by atoms with van der Waals surface area (Å²) in [5.41, 5.74) is 0.1000. The van der Waals surface area contributed by atoms with Gasteiger partial charge in [-0.15, -0.1) is 0 Å². The number of pyridine rings is 1. The Labute approximate surface area is 134 Å². The molecule has 7 nitrogen and oxygen atoms in total. The number of hydrogen-bond donors (Lipinski definition) is 1. The van der Waals surface area contributed by atoms with Crippen molar-refractivity contribution >= 4 is 10.0 Å². The van der Waals surface area contributed by atoms with Gasteiger partial charge in [-0.05, 0) is 18.2 Å². The summed E-state index contributed by atoms with van der Waals surface area (Å²) < 4.78 is 38.8. The Balaban J connectivity index is 2.29. The summed E-state index contributed by atoms with van der Waals surface area (Å²) >= 11 is 0. The molecule has 0 amide bonds. The van der Waals surface area contributed by atoms with Gasteiger partial charge in [0.1, 0.15) is 16.4 Å². The average molecular weight is 338 g/mol. The van der Waals surface area contributed by atoms with Gasteiger partial charge < -0.3 is 14.0 Å². The second kappa shape index (κ2) is 6.84. The number of benzene rings is 1. The smallest absolute Gasteiger partial charge is 0.254 e. The zero-order chi connectivity index (χ0) is 17.0. The summed E-state index contributed by atoms with van der Waals surface area (Å²) in [6, 6.07) is 7.66. The molecule has 0 aliphatic rings. The van der Waals surface area contributed by atoms with Gasteiger partial charge in [-0.1, -0.05) is 6.07 Å². The monoisotopic (exact) mass is 338 g/mol. The standard InChI is InChI=1S/C15H18N2O5S/c1-17-8-4-5-11(15(17)18)10-16-23(19,20)14-7-6-12(21-2)9-13(14)22-3/h4-9,16H,10H2,1-3H3. The lowest BCUT2D eigenvalue weighted by Crippen LogP contribution is -2.29. The van der Waals surface area contributed by atoms with Crippen LogP contribution in [0, 0.1) is 0 Å². The number of aryl methyl sites for hydroxylation is 1. The molecule has 8 heteroatoms. The Morgan fingerprint density at radius 3 is 2.57 bits per heavy atom. The first-order chi connectivity index (χ1) is 10.9. The van der Waals surface area contributed by atoms with E-state index in [9.17, 15) is 13.2 Å². The van der Waals surface area contributed by atoms with E-state index >= 15 is 0 Å². The number of aromatic nitrogens is 1. The molecule has 1 aromatic heterocycles. The van der Waals surface area contributed by atoms with Gasteiger partial charge in [0.15, 0.2) is 0 Å². The van der Waals surface area contributed by atoms with Crippen LogP contribution in [0.4, 0.5) is 0 Å². The molecule has 0 spiro atoms. The van der Waals surface area contributed by atoms with Crippen molar-refractivity contribution in [1.82, 2.24) is 9.29 Å². The molecule has 0 atom stereocenters. The van der Waals surface area contributed by atoms with Crippen molar-refractivity contribution in [1.29, 1.82) is 0 Å². The minimum Gasteiger partial charge on any atom is -0.497 e. The summed E-state index contributed by atoms with van der Waals surface area (Å²) in [4.78, 5) is 11.9. The minimum atomic E-state index is -3.83. The van der Waals surface area contributed by atoms with Gasteiger partial charge in [0.05, 0.1) is 14.2 Å². The number of methoxy groups -OCH3 is 2. The molecule has 1 aromatic carbocycles. The van der Waals surface area contributed by atoms with Crippen LogP contribution >= 0.6 is 0 Å². The molecule has 0 unspecified atom stereocenters. The molecule has 0 fully saturated rings. The second-order valence-electron chi connectivity index (χ2n) is 4.79. The van der Waals surface area contributed by atoms with Crippen LogP contribution in [0.15, 0.2) is 46.2 Å². The quantitative estimate of drug-likeness (QED) is 0.845. The molecule has 124 valence electrons. The first kappa shape index (κ1) is 17.0. The van der Waals surface area contributed by atoms with Gasteiger partial charge in [0.25, 0.3) is 5.56 Å². The van der Waals surface area contributed by atoms with Crippen molar-refractivity contribution in [2.75, 3.05) is 14.2 Å². The highest BCUT2D eigenvalue weighted by molar-refractivity contribution is 7.89. The van der Waals surface area contributed by atoms with E-state index in [0.29, 0.717) is 11.3 Å². The van der Waals surface area contributed by atoms with Crippen LogP contribution in [-0.2, 0) is 23.6 Å². The number of sulfonamides is 1. The highest BCUT2D eigenvalue weighted by Crippen LogP contribution is 2.28. The second-order valence-corrected chi connectivity index (χ2v) is 6.53. The summed E-state index contributed by atoms with van der Waals surface area (Å²) in [6.45, 7) is -0.106. The van der Waals surface area contributed by atoms with E-state index in [4.69, 9.17) is 9.47 Å². The molecule has 2 rings (SSSR count). The van der Waals surface area contributed by atoms with Crippen molar-refractivity contribution in [3.63, 3.8) is 0 Å². The van der Waals surface area contributed by atoms with E-state index in [1.165, 1.54) is 37.0 Å². The third kappa shape index (κ3) is 3.72. The number of nitrogens with zero attached hydrogens (tertiary/aromatic N) is 1. The molecule has 23 heavy (non-hydrogen) atoms. The normalized spacial score (nSPS) is 11.3. The summed E-state index contributed by atoms with van der Waals surface area (Å²) in [7, 11) is 0.624. The van der Waals surface area contributed by atoms with E-state index in [2.05, 4.69) is 4.72 Å². The third-order valence-corrected chi connectivity index (χ3v) is 4.76. The van der Waals surface area contributed by atoms with Crippen molar-refractivity contribution in [3.05, 3.63) is 52.4 Å². The summed E-state index contributed by atoms with van der Waals surface area (Å²) in [5.74, 6) is 0.649. The van der Waals surface area contributed by atoms with Crippen molar-refractivity contribution in [2.24, 2.45) is 7.05 Å². The Morgan fingerprint density at radius 1 is 1.17 bits per heavy atom.